The van der Waals surface area contributed by atoms with Crippen LogP contribution in [0.25, 0.3) is 0 Å². The molecule has 0 spiro atoms. The van der Waals surface area contributed by atoms with E-state index >= 15 is 0 Å². The number of rotatable bonds is 5. The summed E-state index contributed by atoms with van der Waals surface area (Å²) in [5, 5.41) is 11.2. The third-order valence-electron chi connectivity index (χ3n) is 4.97. The van der Waals surface area contributed by atoms with Crippen LogP contribution < -0.4 is 10.2 Å². The van der Waals surface area contributed by atoms with Crippen LogP contribution in [0.2, 0.25) is 0 Å². The lowest BCUT2D eigenvalue weighted by Gasteiger charge is -2.38. The molecule has 162 valence electrons. The molecule has 1 aliphatic heterocycles. The fraction of sp³-hybridized carbons (Fsp3) is 0.333. The van der Waals surface area contributed by atoms with E-state index in [-0.39, 0.29) is 5.75 Å². The zero-order chi connectivity index (χ0) is 21.8. The van der Waals surface area contributed by atoms with Crippen molar-refractivity contribution in [2.45, 2.75) is 35.6 Å². The van der Waals surface area contributed by atoms with E-state index < -0.39 is 32.9 Å². The van der Waals surface area contributed by atoms with Gasteiger partial charge in [-0.2, -0.15) is 13.2 Å². The Morgan fingerprint density at radius 2 is 1.63 bits per heavy atom. The molecule has 2 N–H and O–H groups in total. The van der Waals surface area contributed by atoms with Gasteiger partial charge in [-0.1, -0.05) is 5.37 Å². The minimum atomic E-state index is -4.40. The van der Waals surface area contributed by atoms with E-state index in [0.29, 0.717) is 31.8 Å². The Bertz CT molecular complexity index is 905. The topological polar surface area (TPSA) is 67.8 Å². The van der Waals surface area contributed by atoms with Crippen LogP contribution in [-0.2, 0) is 15.7 Å². The van der Waals surface area contributed by atoms with Gasteiger partial charge in [-0.3, -0.25) is 10.0 Å². The number of amides is 1. The molecule has 0 radical (unpaired) electrons. The monoisotopic (exact) mass is 441 g/mol. The number of carbonyl (C=O) groups is 1. The molecule has 1 atom stereocenters. The zero-order valence-electron chi connectivity index (χ0n) is 16.2. The number of carbonyl (C=O) groups excluding carboxylic acids is 1. The average Bonchev–Trinajstić information content (AvgIpc) is 2.75. The van der Waals surface area contributed by atoms with Crippen molar-refractivity contribution in [2.75, 3.05) is 13.2 Å². The van der Waals surface area contributed by atoms with Crippen molar-refractivity contribution in [1.82, 2.24) is 5.48 Å². The fourth-order valence-corrected chi connectivity index (χ4v) is 5.90. The predicted octanol–water partition coefficient (Wildman–Crippen LogP) is 5.00. The van der Waals surface area contributed by atoms with Crippen molar-refractivity contribution < 1.29 is 32.6 Å². The molecule has 0 aliphatic carbocycles. The molecular weight excluding hydrogens is 419 g/mol. The van der Waals surface area contributed by atoms with E-state index in [9.17, 15) is 23.2 Å². The fourth-order valence-electron chi connectivity index (χ4n) is 3.44. The van der Waals surface area contributed by atoms with Crippen molar-refractivity contribution in [3.05, 3.63) is 54.1 Å². The second-order valence-corrected chi connectivity index (χ2v) is 9.12. The molecule has 30 heavy (non-hydrogen) atoms. The lowest BCUT2D eigenvalue weighted by molar-refractivity contribution is -0.137. The maximum absolute atomic E-state index is 12.7. The van der Waals surface area contributed by atoms with Crippen molar-refractivity contribution in [2.24, 2.45) is 0 Å². The van der Waals surface area contributed by atoms with Crippen LogP contribution in [0.1, 0.15) is 25.3 Å². The highest BCUT2D eigenvalue weighted by atomic mass is 32.2. The molecular formula is C21H22F3NO4S. The molecule has 1 fully saturated rings. The summed E-state index contributed by atoms with van der Waals surface area (Å²) >= 11 is 0. The van der Waals surface area contributed by atoms with E-state index in [2.05, 4.69) is 0 Å². The molecule has 0 saturated carbocycles. The molecule has 0 bridgehead atoms. The smallest absolute Gasteiger partial charge is 0.416 e. The molecule has 5 nitrogen and oxygen atoms in total. The van der Waals surface area contributed by atoms with Crippen molar-refractivity contribution in [3.63, 3.8) is 0 Å². The Labute approximate surface area is 174 Å². The molecule has 3 rings (SSSR count). The van der Waals surface area contributed by atoms with E-state index in [4.69, 9.17) is 9.47 Å². The molecule has 1 heterocycles. The molecule has 1 saturated heterocycles. The number of hydrogen-bond donors (Lipinski definition) is 2. The second-order valence-electron chi connectivity index (χ2n) is 6.72. The highest BCUT2D eigenvalue weighted by molar-refractivity contribution is 8.16. The van der Waals surface area contributed by atoms with Gasteiger partial charge < -0.3 is 9.47 Å². The zero-order valence-corrected chi connectivity index (χ0v) is 17.1. The Balaban J connectivity index is 1.80. The number of nitrogens with one attached hydrogen (secondary N) is 1. The first-order valence-corrected chi connectivity index (χ1v) is 10.6. The first-order chi connectivity index (χ1) is 14.3. The summed E-state index contributed by atoms with van der Waals surface area (Å²) in [7, 11) is -0.595. The van der Waals surface area contributed by atoms with Gasteiger partial charge in [0.2, 0.25) is 0 Å². The predicted molar refractivity (Wildman–Crippen MR) is 108 cm³/mol. The molecule has 0 aromatic heterocycles. The summed E-state index contributed by atoms with van der Waals surface area (Å²) in [5.74, 6) is 0.320. The van der Waals surface area contributed by atoms with Gasteiger partial charge in [-0.25, -0.2) is 5.48 Å². The van der Waals surface area contributed by atoms with Crippen molar-refractivity contribution in [1.29, 1.82) is 0 Å². The molecule has 9 heteroatoms. The minimum Gasteiger partial charge on any atom is -0.457 e. The first kappa shape index (κ1) is 22.3. The van der Waals surface area contributed by atoms with E-state index in [0.717, 1.165) is 17.0 Å². The van der Waals surface area contributed by atoms with Crippen LogP contribution in [-0.4, -0.2) is 34.4 Å². The summed E-state index contributed by atoms with van der Waals surface area (Å²) < 4.78 is 48.3. The molecule has 1 unspecified atom stereocenters. The van der Waals surface area contributed by atoms with Crippen LogP contribution in [0.15, 0.2) is 53.4 Å². The number of ether oxygens (including phenoxy) is 2. The number of benzene rings is 2. The lowest BCUT2D eigenvalue weighted by Crippen LogP contribution is -2.48. The number of hydroxylamine groups is 1. The van der Waals surface area contributed by atoms with Gasteiger partial charge in [-0.05, 0) is 68.3 Å². The summed E-state index contributed by atoms with van der Waals surface area (Å²) in [5.41, 5.74) is 1.07. The average molecular weight is 441 g/mol. The molecule has 2 aromatic carbocycles. The largest absolute Gasteiger partial charge is 0.457 e. The third-order valence-corrected chi connectivity index (χ3v) is 7.65. The van der Waals surface area contributed by atoms with Gasteiger partial charge >= 0.3 is 6.18 Å². The van der Waals surface area contributed by atoms with Gasteiger partial charge in [0, 0.05) is 18.1 Å². The van der Waals surface area contributed by atoms with Crippen LogP contribution in [0.5, 0.6) is 11.5 Å². The molecule has 2 aromatic rings. The normalized spacial score (nSPS) is 17.4. The maximum Gasteiger partial charge on any atom is 0.416 e. The summed E-state index contributed by atoms with van der Waals surface area (Å²) in [6.07, 6.45) is -3.43. The number of halogens is 3. The van der Waals surface area contributed by atoms with Crippen LogP contribution in [0.4, 0.5) is 13.2 Å². The first-order valence-electron chi connectivity index (χ1n) is 9.30. The van der Waals surface area contributed by atoms with E-state index in [1.165, 1.54) is 12.1 Å². The second kappa shape index (κ2) is 9.20. The van der Waals surface area contributed by atoms with E-state index in [1.807, 2.05) is 24.4 Å². The number of alkyl halides is 3. The minimum absolute atomic E-state index is 0.289. The number of hydrogen-bond acceptors (Lipinski definition) is 4. The standard InChI is InChI=1S/C21H22F3NO4S/c1-2-30(20(19(26)25-27)11-13-28-14-12-20)18-9-7-17(8-10-18)29-16-5-3-15(4-6-16)21(22,23)24/h2-10,27H,11-14H2,1H3,(H,25,26). The van der Waals surface area contributed by atoms with Gasteiger partial charge in [0.05, 0.1) is 10.3 Å². The summed E-state index contributed by atoms with van der Waals surface area (Å²) in [6.45, 7) is 2.73. The summed E-state index contributed by atoms with van der Waals surface area (Å²) in [4.78, 5) is 13.4. The lowest BCUT2D eigenvalue weighted by atomic mass is 9.98. The highest BCUT2D eigenvalue weighted by Crippen LogP contribution is 2.47. The quantitative estimate of drug-likeness (QED) is 0.389. The van der Waals surface area contributed by atoms with Crippen LogP contribution >= 0.6 is 10.5 Å². The Hall–Kier alpha value is -2.36. The SMILES string of the molecule is C/C=S(/c1ccc(Oc2ccc(C(F)(F)F)cc2)cc1)C1(C(=O)NO)CCOCC1. The van der Waals surface area contributed by atoms with Crippen LogP contribution in [0.3, 0.4) is 0 Å². The van der Waals surface area contributed by atoms with Gasteiger partial charge in [0.1, 0.15) is 11.5 Å². The van der Waals surface area contributed by atoms with Gasteiger partial charge in [0.15, 0.2) is 0 Å². The van der Waals surface area contributed by atoms with Crippen molar-refractivity contribution in [3.8, 4) is 11.5 Å². The Kier molecular flexibility index (Phi) is 6.84. The van der Waals surface area contributed by atoms with Gasteiger partial charge in [0.25, 0.3) is 5.91 Å². The summed E-state index contributed by atoms with van der Waals surface area (Å²) in [6, 6.07) is 11.5. The Morgan fingerprint density at radius 3 is 2.10 bits per heavy atom. The van der Waals surface area contributed by atoms with E-state index in [1.54, 1.807) is 17.6 Å². The van der Waals surface area contributed by atoms with Crippen molar-refractivity contribution >= 4 is 21.8 Å². The van der Waals surface area contributed by atoms with Crippen LogP contribution in [0, 0.1) is 0 Å². The third kappa shape index (κ3) is 4.69. The van der Waals surface area contributed by atoms with Gasteiger partial charge in [-0.15, -0.1) is 10.5 Å². The molecule has 1 aliphatic rings. The molecule has 1 amide bonds. The Morgan fingerprint density at radius 1 is 1.10 bits per heavy atom. The maximum atomic E-state index is 12.7. The highest BCUT2D eigenvalue weighted by Gasteiger charge is 2.43.